The monoisotopic (exact) mass is 294 g/mol. The Balaban J connectivity index is 2.30. The van der Waals surface area contributed by atoms with Crippen LogP contribution in [0.2, 0.25) is 5.02 Å². The number of nitrogens with one attached hydrogen (secondary N) is 2. The molecule has 1 aromatic heterocycles. The number of aromatic nitrogens is 1. The Bertz CT molecular complexity index is 651. The van der Waals surface area contributed by atoms with Crippen LogP contribution < -0.4 is 5.32 Å². The van der Waals surface area contributed by atoms with Crippen LogP contribution >= 0.6 is 11.6 Å². The van der Waals surface area contributed by atoms with Gasteiger partial charge in [-0.25, -0.2) is 4.79 Å². The Labute approximate surface area is 121 Å². The number of ether oxygens (including phenoxy) is 1. The van der Waals surface area contributed by atoms with E-state index < -0.39 is 12.0 Å². The van der Waals surface area contributed by atoms with Gasteiger partial charge in [0.05, 0.1) is 7.11 Å². The van der Waals surface area contributed by atoms with Gasteiger partial charge >= 0.3 is 5.97 Å². The summed E-state index contributed by atoms with van der Waals surface area (Å²) >= 11 is 5.98. The summed E-state index contributed by atoms with van der Waals surface area (Å²) < 4.78 is 4.71. The number of halogens is 1. The number of amides is 1. The lowest BCUT2D eigenvalue weighted by Crippen LogP contribution is -2.41. The number of rotatable bonds is 4. The summed E-state index contributed by atoms with van der Waals surface area (Å²) in [6, 6.07) is 4.77. The first-order chi connectivity index (χ1) is 9.51. The number of methoxy groups -OCH3 is 1. The third-order valence-corrected chi connectivity index (χ3v) is 3.25. The van der Waals surface area contributed by atoms with E-state index in [1.54, 1.807) is 12.3 Å². The van der Waals surface area contributed by atoms with Crippen molar-refractivity contribution < 1.29 is 14.3 Å². The van der Waals surface area contributed by atoms with Crippen LogP contribution in [0.3, 0.4) is 0 Å². The van der Waals surface area contributed by atoms with E-state index in [0.29, 0.717) is 11.4 Å². The smallest absolute Gasteiger partial charge is 0.328 e. The third kappa shape index (κ3) is 3.11. The van der Waals surface area contributed by atoms with Gasteiger partial charge in [-0.1, -0.05) is 11.6 Å². The van der Waals surface area contributed by atoms with Crippen molar-refractivity contribution in [2.45, 2.75) is 19.4 Å². The van der Waals surface area contributed by atoms with Crippen LogP contribution in [0.15, 0.2) is 24.4 Å². The van der Waals surface area contributed by atoms with Crippen LogP contribution in [-0.2, 0) is 20.7 Å². The Morgan fingerprint density at radius 1 is 1.45 bits per heavy atom. The van der Waals surface area contributed by atoms with E-state index in [2.05, 4.69) is 10.3 Å². The maximum Gasteiger partial charge on any atom is 0.328 e. The molecule has 2 N–H and O–H groups in total. The van der Waals surface area contributed by atoms with Gasteiger partial charge in [0.1, 0.15) is 6.04 Å². The SMILES string of the molecule is COC(=O)[C@@H](Cc1c[nH]c2ccc(Cl)cc12)NC(C)=O. The molecule has 5 nitrogen and oxygen atoms in total. The molecule has 106 valence electrons. The molecule has 0 aliphatic carbocycles. The van der Waals surface area contributed by atoms with Gasteiger partial charge in [-0.3, -0.25) is 4.79 Å². The highest BCUT2D eigenvalue weighted by Crippen LogP contribution is 2.23. The number of H-pyrrole nitrogens is 1. The first-order valence-electron chi connectivity index (χ1n) is 6.11. The predicted molar refractivity (Wildman–Crippen MR) is 76.6 cm³/mol. The molecule has 6 heteroatoms. The van der Waals surface area contributed by atoms with Crippen molar-refractivity contribution in [1.82, 2.24) is 10.3 Å². The van der Waals surface area contributed by atoms with Crippen LogP contribution in [0.4, 0.5) is 0 Å². The van der Waals surface area contributed by atoms with Gasteiger partial charge in [0, 0.05) is 35.5 Å². The number of benzene rings is 1. The highest BCUT2D eigenvalue weighted by molar-refractivity contribution is 6.31. The van der Waals surface area contributed by atoms with Crippen molar-refractivity contribution in [2.75, 3.05) is 7.11 Å². The maximum absolute atomic E-state index is 11.7. The van der Waals surface area contributed by atoms with Crippen LogP contribution in [0, 0.1) is 0 Å². The maximum atomic E-state index is 11.7. The quantitative estimate of drug-likeness (QED) is 0.848. The van der Waals surface area contributed by atoms with Crippen molar-refractivity contribution in [1.29, 1.82) is 0 Å². The molecule has 0 aliphatic heterocycles. The van der Waals surface area contributed by atoms with E-state index in [9.17, 15) is 9.59 Å². The van der Waals surface area contributed by atoms with Gasteiger partial charge in [0.2, 0.25) is 5.91 Å². The highest BCUT2D eigenvalue weighted by Gasteiger charge is 2.22. The zero-order chi connectivity index (χ0) is 14.7. The van der Waals surface area contributed by atoms with Crippen LogP contribution in [0.5, 0.6) is 0 Å². The van der Waals surface area contributed by atoms with Crippen molar-refractivity contribution in [2.24, 2.45) is 0 Å². The number of carbonyl (C=O) groups excluding carboxylic acids is 2. The summed E-state index contributed by atoms with van der Waals surface area (Å²) in [5.41, 5.74) is 1.82. The molecule has 20 heavy (non-hydrogen) atoms. The van der Waals surface area contributed by atoms with Gasteiger partial charge in [-0.2, -0.15) is 0 Å². The summed E-state index contributed by atoms with van der Waals surface area (Å²) in [5.74, 6) is -0.755. The molecule has 0 aliphatic rings. The third-order valence-electron chi connectivity index (χ3n) is 3.02. The minimum atomic E-state index is -0.713. The fourth-order valence-corrected chi connectivity index (χ4v) is 2.29. The fraction of sp³-hybridized carbons (Fsp3) is 0.286. The van der Waals surface area contributed by atoms with Crippen molar-refractivity contribution in [3.05, 3.63) is 35.0 Å². The van der Waals surface area contributed by atoms with Gasteiger partial charge in [0.25, 0.3) is 0 Å². The summed E-state index contributed by atoms with van der Waals surface area (Å²) in [6.45, 7) is 1.36. The average molecular weight is 295 g/mol. The molecule has 0 saturated carbocycles. The summed E-state index contributed by atoms with van der Waals surface area (Å²) in [7, 11) is 1.29. The van der Waals surface area contributed by atoms with Crippen molar-refractivity contribution >= 4 is 34.4 Å². The minimum Gasteiger partial charge on any atom is -0.467 e. The molecule has 0 unspecified atom stereocenters. The molecule has 0 radical (unpaired) electrons. The second-order valence-electron chi connectivity index (χ2n) is 4.48. The Morgan fingerprint density at radius 3 is 2.85 bits per heavy atom. The lowest BCUT2D eigenvalue weighted by atomic mass is 10.0. The average Bonchev–Trinajstić information content (AvgIpc) is 2.79. The molecule has 0 bridgehead atoms. The number of hydrogen-bond acceptors (Lipinski definition) is 3. The van der Waals surface area contributed by atoms with E-state index in [1.165, 1.54) is 14.0 Å². The zero-order valence-electron chi connectivity index (χ0n) is 11.2. The summed E-state index contributed by atoms with van der Waals surface area (Å²) in [5, 5.41) is 4.13. The molecular formula is C14H15ClN2O3. The number of hydrogen-bond donors (Lipinski definition) is 2. The van der Waals surface area contributed by atoms with Gasteiger partial charge in [-0.15, -0.1) is 0 Å². The first-order valence-corrected chi connectivity index (χ1v) is 6.49. The van der Waals surface area contributed by atoms with Crippen molar-refractivity contribution in [3.63, 3.8) is 0 Å². The number of aromatic amines is 1. The number of fused-ring (bicyclic) bond motifs is 1. The van der Waals surface area contributed by atoms with E-state index in [0.717, 1.165) is 16.5 Å². The molecule has 1 atom stereocenters. The Kier molecular flexibility index (Phi) is 4.29. The first kappa shape index (κ1) is 14.4. The number of carbonyl (C=O) groups is 2. The molecule has 0 saturated heterocycles. The standard InChI is InChI=1S/C14H15ClN2O3/c1-8(18)17-13(14(19)20-2)5-9-7-16-12-4-3-10(15)6-11(9)12/h3-4,6-7,13,16H,5H2,1-2H3,(H,17,18)/t13-/m1/s1. The Hall–Kier alpha value is -2.01. The molecule has 1 aromatic carbocycles. The topological polar surface area (TPSA) is 71.2 Å². The molecule has 1 heterocycles. The molecular weight excluding hydrogens is 280 g/mol. The summed E-state index contributed by atoms with van der Waals surface area (Å²) in [4.78, 5) is 26.0. The predicted octanol–water partition coefficient (Wildman–Crippen LogP) is 2.04. The molecule has 0 spiro atoms. The second-order valence-corrected chi connectivity index (χ2v) is 4.92. The van der Waals surface area contributed by atoms with E-state index in [-0.39, 0.29) is 5.91 Å². The normalized spacial score (nSPS) is 12.2. The fourth-order valence-electron chi connectivity index (χ4n) is 2.12. The second kappa shape index (κ2) is 5.96. The van der Waals surface area contributed by atoms with Crippen molar-refractivity contribution in [3.8, 4) is 0 Å². The zero-order valence-corrected chi connectivity index (χ0v) is 12.0. The Morgan fingerprint density at radius 2 is 2.20 bits per heavy atom. The van der Waals surface area contributed by atoms with Crippen LogP contribution in [0.25, 0.3) is 10.9 Å². The molecule has 0 fully saturated rings. The molecule has 2 rings (SSSR count). The molecule has 1 amide bonds. The largest absolute Gasteiger partial charge is 0.467 e. The lowest BCUT2D eigenvalue weighted by Gasteiger charge is -2.14. The van der Waals surface area contributed by atoms with Crippen LogP contribution in [0.1, 0.15) is 12.5 Å². The van der Waals surface area contributed by atoms with E-state index in [4.69, 9.17) is 16.3 Å². The van der Waals surface area contributed by atoms with Gasteiger partial charge in [0.15, 0.2) is 0 Å². The van der Waals surface area contributed by atoms with Gasteiger partial charge < -0.3 is 15.0 Å². The minimum absolute atomic E-state index is 0.279. The highest BCUT2D eigenvalue weighted by atomic mass is 35.5. The van der Waals surface area contributed by atoms with E-state index >= 15 is 0 Å². The number of esters is 1. The summed E-state index contributed by atoms with van der Waals surface area (Å²) in [6.07, 6.45) is 2.14. The lowest BCUT2D eigenvalue weighted by molar-refractivity contribution is -0.144. The van der Waals surface area contributed by atoms with Gasteiger partial charge in [-0.05, 0) is 23.8 Å². The molecule has 2 aromatic rings. The van der Waals surface area contributed by atoms with E-state index in [1.807, 2.05) is 12.1 Å². The van der Waals surface area contributed by atoms with Crippen LogP contribution in [-0.4, -0.2) is 30.0 Å².